The summed E-state index contributed by atoms with van der Waals surface area (Å²) in [5.74, 6) is 0.808. The van der Waals surface area contributed by atoms with E-state index in [1.165, 1.54) is 11.1 Å². The molecule has 1 aliphatic heterocycles. The highest BCUT2D eigenvalue weighted by atomic mass is 35.5. The molecule has 1 saturated heterocycles. The zero-order chi connectivity index (χ0) is 18.4. The molecule has 0 bridgehead atoms. The van der Waals surface area contributed by atoms with Crippen molar-refractivity contribution in [3.8, 4) is 5.75 Å². The quantitative estimate of drug-likeness (QED) is 0.807. The van der Waals surface area contributed by atoms with E-state index < -0.39 is 6.10 Å². The molecule has 1 N–H and O–H groups in total. The van der Waals surface area contributed by atoms with Crippen LogP contribution < -0.4 is 4.74 Å². The van der Waals surface area contributed by atoms with Gasteiger partial charge in [0, 0.05) is 44.3 Å². The highest BCUT2D eigenvalue weighted by Gasteiger charge is 2.19. The number of ether oxygens (including phenoxy) is 1. The topological polar surface area (TPSA) is 35.9 Å². The van der Waals surface area contributed by atoms with Crippen molar-refractivity contribution in [1.82, 2.24) is 9.80 Å². The molecule has 3 rings (SSSR count). The van der Waals surface area contributed by atoms with Gasteiger partial charge in [0.2, 0.25) is 0 Å². The van der Waals surface area contributed by atoms with Gasteiger partial charge in [-0.15, -0.1) is 0 Å². The van der Waals surface area contributed by atoms with Gasteiger partial charge in [0.15, 0.2) is 0 Å². The Morgan fingerprint density at radius 2 is 1.58 bits per heavy atom. The molecule has 1 fully saturated rings. The molecule has 0 unspecified atom stereocenters. The monoisotopic (exact) mass is 374 g/mol. The molecule has 0 radical (unpaired) electrons. The molecule has 1 atom stereocenters. The number of hydrogen-bond acceptors (Lipinski definition) is 4. The SMILES string of the molecule is Cc1ccc(OC[C@H](O)CN2CCN(Cc3ccc(Cl)cc3)CC2)cc1. The number of β-amino-alcohol motifs (C(OH)–C–C–N with tert-alkyl or cyclic N) is 1. The highest BCUT2D eigenvalue weighted by Crippen LogP contribution is 2.14. The van der Waals surface area contributed by atoms with E-state index in [9.17, 15) is 5.11 Å². The first-order chi connectivity index (χ1) is 12.6. The average molecular weight is 375 g/mol. The molecule has 4 nitrogen and oxygen atoms in total. The summed E-state index contributed by atoms with van der Waals surface area (Å²) in [5, 5.41) is 11.0. The van der Waals surface area contributed by atoms with Crippen LogP contribution in [0.4, 0.5) is 0 Å². The fourth-order valence-electron chi connectivity index (χ4n) is 3.16. The van der Waals surface area contributed by atoms with Crippen molar-refractivity contribution in [3.63, 3.8) is 0 Å². The number of rotatable bonds is 7. The molecular formula is C21H27ClN2O2. The Morgan fingerprint density at radius 3 is 2.23 bits per heavy atom. The number of aliphatic hydroxyl groups is 1. The minimum absolute atomic E-state index is 0.327. The van der Waals surface area contributed by atoms with Crippen molar-refractivity contribution < 1.29 is 9.84 Å². The lowest BCUT2D eigenvalue weighted by atomic mass is 10.2. The molecule has 5 heteroatoms. The molecule has 1 aliphatic rings. The lowest BCUT2D eigenvalue weighted by Gasteiger charge is -2.35. The Hall–Kier alpha value is -1.59. The summed E-state index contributed by atoms with van der Waals surface area (Å²) in [7, 11) is 0. The maximum atomic E-state index is 10.3. The minimum atomic E-state index is -0.473. The zero-order valence-electron chi connectivity index (χ0n) is 15.3. The predicted octanol–water partition coefficient (Wildman–Crippen LogP) is 3.21. The van der Waals surface area contributed by atoms with Crippen LogP contribution in [-0.2, 0) is 6.54 Å². The third kappa shape index (κ3) is 5.99. The second kappa shape index (κ2) is 9.38. The van der Waals surface area contributed by atoms with Crippen molar-refractivity contribution in [3.05, 3.63) is 64.7 Å². The van der Waals surface area contributed by atoms with E-state index in [-0.39, 0.29) is 0 Å². The van der Waals surface area contributed by atoms with Gasteiger partial charge in [0.05, 0.1) is 0 Å². The molecule has 0 amide bonds. The van der Waals surface area contributed by atoms with Crippen molar-refractivity contribution >= 4 is 11.6 Å². The van der Waals surface area contributed by atoms with E-state index in [4.69, 9.17) is 16.3 Å². The molecule has 0 saturated carbocycles. The van der Waals surface area contributed by atoms with Gasteiger partial charge in [-0.3, -0.25) is 9.80 Å². The molecule has 0 spiro atoms. The minimum Gasteiger partial charge on any atom is -0.491 e. The fraction of sp³-hybridized carbons (Fsp3) is 0.429. The fourth-order valence-corrected chi connectivity index (χ4v) is 3.28. The van der Waals surface area contributed by atoms with Gasteiger partial charge < -0.3 is 9.84 Å². The van der Waals surface area contributed by atoms with Gasteiger partial charge in [-0.25, -0.2) is 0 Å². The zero-order valence-corrected chi connectivity index (χ0v) is 16.0. The van der Waals surface area contributed by atoms with Crippen LogP contribution in [0, 0.1) is 6.92 Å². The number of hydrogen-bond donors (Lipinski definition) is 1. The van der Waals surface area contributed by atoms with Crippen LogP contribution in [0.5, 0.6) is 5.75 Å². The number of nitrogens with zero attached hydrogens (tertiary/aromatic N) is 2. The van der Waals surface area contributed by atoms with Gasteiger partial charge in [-0.1, -0.05) is 41.4 Å². The molecule has 1 heterocycles. The second-order valence-electron chi connectivity index (χ2n) is 6.98. The van der Waals surface area contributed by atoms with Gasteiger partial charge in [0.25, 0.3) is 0 Å². The Kier molecular flexibility index (Phi) is 6.92. The van der Waals surface area contributed by atoms with E-state index in [1.807, 2.05) is 43.3 Å². The standard InChI is InChI=1S/C21H27ClN2O2/c1-17-2-8-21(9-3-17)26-16-20(25)15-24-12-10-23(11-13-24)14-18-4-6-19(22)7-5-18/h2-9,20,25H,10-16H2,1H3/t20-/m1/s1. The molecule has 0 aromatic heterocycles. The van der Waals surface area contributed by atoms with E-state index in [0.29, 0.717) is 13.2 Å². The number of aryl methyl sites for hydroxylation is 1. The number of aliphatic hydroxyl groups excluding tert-OH is 1. The summed E-state index contributed by atoms with van der Waals surface area (Å²) in [4.78, 5) is 4.75. The first-order valence-electron chi connectivity index (χ1n) is 9.15. The summed E-state index contributed by atoms with van der Waals surface area (Å²) < 4.78 is 5.68. The smallest absolute Gasteiger partial charge is 0.119 e. The summed E-state index contributed by atoms with van der Waals surface area (Å²) in [5.41, 5.74) is 2.49. The van der Waals surface area contributed by atoms with Crippen molar-refractivity contribution in [2.45, 2.75) is 19.6 Å². The number of benzene rings is 2. The maximum Gasteiger partial charge on any atom is 0.119 e. The van der Waals surface area contributed by atoms with Gasteiger partial charge in [-0.05, 0) is 36.8 Å². The lowest BCUT2D eigenvalue weighted by Crippen LogP contribution is -2.48. The van der Waals surface area contributed by atoms with Gasteiger partial charge >= 0.3 is 0 Å². The Balaban J connectivity index is 1.36. The van der Waals surface area contributed by atoms with Gasteiger partial charge in [0.1, 0.15) is 18.5 Å². The normalized spacial score (nSPS) is 17.2. The van der Waals surface area contributed by atoms with Crippen LogP contribution in [0.3, 0.4) is 0 Å². The van der Waals surface area contributed by atoms with E-state index >= 15 is 0 Å². The molecule has 0 aliphatic carbocycles. The van der Waals surface area contributed by atoms with Crippen LogP contribution in [0.25, 0.3) is 0 Å². The molecule has 2 aromatic rings. The average Bonchev–Trinajstić information content (AvgIpc) is 2.65. The second-order valence-corrected chi connectivity index (χ2v) is 7.42. The third-order valence-electron chi connectivity index (χ3n) is 4.72. The van der Waals surface area contributed by atoms with Crippen LogP contribution in [0.15, 0.2) is 48.5 Å². The van der Waals surface area contributed by atoms with Crippen molar-refractivity contribution in [1.29, 1.82) is 0 Å². The third-order valence-corrected chi connectivity index (χ3v) is 4.97. The summed E-state index contributed by atoms with van der Waals surface area (Å²) in [6, 6.07) is 16.0. The van der Waals surface area contributed by atoms with E-state index in [0.717, 1.165) is 43.5 Å². The Morgan fingerprint density at radius 1 is 0.962 bits per heavy atom. The summed E-state index contributed by atoms with van der Waals surface area (Å²) >= 11 is 5.94. The Labute approximate surface area is 160 Å². The van der Waals surface area contributed by atoms with Crippen LogP contribution in [0.1, 0.15) is 11.1 Å². The van der Waals surface area contributed by atoms with Crippen molar-refractivity contribution in [2.75, 3.05) is 39.3 Å². The summed E-state index contributed by atoms with van der Waals surface area (Å²) in [6.07, 6.45) is -0.473. The number of halogens is 1. The number of piperazine rings is 1. The highest BCUT2D eigenvalue weighted by molar-refractivity contribution is 6.30. The van der Waals surface area contributed by atoms with E-state index in [2.05, 4.69) is 21.9 Å². The predicted molar refractivity (Wildman–Crippen MR) is 106 cm³/mol. The Bertz CT molecular complexity index is 667. The summed E-state index contributed by atoms with van der Waals surface area (Å²) in [6.45, 7) is 7.93. The van der Waals surface area contributed by atoms with Crippen molar-refractivity contribution in [2.24, 2.45) is 0 Å². The molecule has 26 heavy (non-hydrogen) atoms. The molecule has 140 valence electrons. The maximum absolute atomic E-state index is 10.3. The van der Waals surface area contributed by atoms with Crippen LogP contribution in [-0.4, -0.2) is 60.3 Å². The largest absolute Gasteiger partial charge is 0.491 e. The first-order valence-corrected chi connectivity index (χ1v) is 9.53. The first kappa shape index (κ1) is 19.2. The lowest BCUT2D eigenvalue weighted by molar-refractivity contribution is 0.0446. The van der Waals surface area contributed by atoms with Crippen LogP contribution >= 0.6 is 11.6 Å². The molecule has 2 aromatic carbocycles. The molecular weight excluding hydrogens is 348 g/mol. The van der Waals surface area contributed by atoms with E-state index in [1.54, 1.807) is 0 Å². The van der Waals surface area contributed by atoms with Crippen LogP contribution in [0.2, 0.25) is 5.02 Å². The van der Waals surface area contributed by atoms with Gasteiger partial charge in [-0.2, -0.15) is 0 Å².